The van der Waals surface area contributed by atoms with Crippen LogP contribution in [0.2, 0.25) is 0 Å². The Morgan fingerprint density at radius 3 is 2.65 bits per heavy atom. The third-order valence-corrected chi connectivity index (χ3v) is 3.56. The predicted octanol–water partition coefficient (Wildman–Crippen LogP) is 2.42. The van der Waals surface area contributed by atoms with E-state index in [1.54, 1.807) is 0 Å². The highest BCUT2D eigenvalue weighted by Gasteiger charge is 2.34. The number of benzene rings is 1. The van der Waals surface area contributed by atoms with Crippen LogP contribution in [0.5, 0.6) is 0 Å². The normalized spacial score (nSPS) is 20.2. The van der Waals surface area contributed by atoms with Crippen molar-refractivity contribution >= 4 is 11.5 Å². The molecular formula is C16H19N3O. The fourth-order valence-corrected chi connectivity index (χ4v) is 2.75. The lowest BCUT2D eigenvalue weighted by Gasteiger charge is -2.23. The molecule has 0 aromatic heterocycles. The van der Waals surface area contributed by atoms with E-state index in [1.807, 2.05) is 48.4 Å². The van der Waals surface area contributed by atoms with Crippen LogP contribution in [0.1, 0.15) is 19.3 Å². The van der Waals surface area contributed by atoms with Crippen molar-refractivity contribution in [3.05, 3.63) is 53.5 Å². The number of carbonyl (C=O) groups excluding carboxylic acids is 1. The average Bonchev–Trinajstić information content (AvgIpc) is 2.79. The minimum Gasteiger partial charge on any atom is -0.382 e. The fourth-order valence-electron chi connectivity index (χ4n) is 2.75. The van der Waals surface area contributed by atoms with Gasteiger partial charge in [-0.15, -0.1) is 0 Å². The van der Waals surface area contributed by atoms with Crippen LogP contribution >= 0.6 is 0 Å². The molecule has 0 spiro atoms. The summed E-state index contributed by atoms with van der Waals surface area (Å²) in [5.41, 5.74) is 7.29. The van der Waals surface area contributed by atoms with Gasteiger partial charge in [0.1, 0.15) is 0 Å². The van der Waals surface area contributed by atoms with E-state index >= 15 is 0 Å². The molecule has 4 nitrogen and oxygen atoms in total. The molecule has 0 fully saturated rings. The zero-order valence-corrected chi connectivity index (χ0v) is 11.9. The molecule has 2 aliphatic rings. The first kappa shape index (κ1) is 12.8. The molecule has 1 aliphatic heterocycles. The molecule has 1 aliphatic carbocycles. The maximum absolute atomic E-state index is 12.3. The monoisotopic (exact) mass is 269 g/mol. The van der Waals surface area contributed by atoms with Gasteiger partial charge in [-0.1, -0.05) is 18.2 Å². The Hall–Kier alpha value is -2.23. The van der Waals surface area contributed by atoms with Crippen molar-refractivity contribution < 1.29 is 4.79 Å². The van der Waals surface area contributed by atoms with Crippen molar-refractivity contribution in [2.75, 3.05) is 19.1 Å². The molecule has 20 heavy (non-hydrogen) atoms. The summed E-state index contributed by atoms with van der Waals surface area (Å²) in [5, 5.41) is 2.04. The molecular weight excluding hydrogens is 250 g/mol. The molecule has 1 N–H and O–H groups in total. The van der Waals surface area contributed by atoms with E-state index < -0.39 is 0 Å². The number of hydrogen-bond acceptors (Lipinski definition) is 4. The summed E-state index contributed by atoms with van der Waals surface area (Å²) >= 11 is 0. The van der Waals surface area contributed by atoms with Crippen molar-refractivity contribution in [2.24, 2.45) is 0 Å². The second kappa shape index (κ2) is 5.04. The summed E-state index contributed by atoms with van der Waals surface area (Å²) in [6, 6.07) is 10.1. The quantitative estimate of drug-likeness (QED) is 0.894. The van der Waals surface area contributed by atoms with Gasteiger partial charge in [0.2, 0.25) is 0 Å². The zero-order chi connectivity index (χ0) is 14.1. The topological polar surface area (TPSA) is 35.6 Å². The van der Waals surface area contributed by atoms with Crippen LogP contribution in [-0.2, 0) is 4.79 Å². The van der Waals surface area contributed by atoms with Crippen molar-refractivity contribution in [1.82, 2.24) is 10.3 Å². The highest BCUT2D eigenvalue weighted by molar-refractivity contribution is 6.02. The first-order valence-corrected chi connectivity index (χ1v) is 6.93. The Morgan fingerprint density at radius 1 is 1.20 bits per heavy atom. The second-order valence-electron chi connectivity index (χ2n) is 5.39. The molecule has 1 aromatic rings. The summed E-state index contributed by atoms with van der Waals surface area (Å²) in [7, 11) is 3.93. The van der Waals surface area contributed by atoms with E-state index in [-0.39, 0.29) is 5.78 Å². The molecule has 0 atom stereocenters. The molecule has 1 aromatic carbocycles. The Balaban J connectivity index is 2.05. The van der Waals surface area contributed by atoms with E-state index in [9.17, 15) is 4.79 Å². The summed E-state index contributed by atoms with van der Waals surface area (Å²) in [6.45, 7) is 0. The molecule has 0 radical (unpaired) electrons. The van der Waals surface area contributed by atoms with Gasteiger partial charge in [0, 0.05) is 26.7 Å². The van der Waals surface area contributed by atoms with Gasteiger partial charge in [0.05, 0.1) is 22.7 Å². The Labute approximate surface area is 119 Å². The number of rotatable bonds is 2. The lowest BCUT2D eigenvalue weighted by Crippen LogP contribution is -2.31. The Morgan fingerprint density at radius 2 is 1.95 bits per heavy atom. The zero-order valence-electron chi connectivity index (χ0n) is 11.9. The van der Waals surface area contributed by atoms with Crippen molar-refractivity contribution in [3.63, 3.8) is 0 Å². The second-order valence-corrected chi connectivity index (χ2v) is 5.39. The maximum atomic E-state index is 12.3. The Bertz CT molecular complexity index is 587. The van der Waals surface area contributed by atoms with Gasteiger partial charge in [-0.05, 0) is 25.0 Å². The minimum atomic E-state index is 0.241. The number of allylic oxidation sites excluding steroid dienone is 2. The summed E-state index contributed by atoms with van der Waals surface area (Å²) in [4.78, 5) is 14.2. The molecule has 0 unspecified atom stereocenters. The van der Waals surface area contributed by atoms with E-state index in [0.717, 1.165) is 35.5 Å². The van der Waals surface area contributed by atoms with Crippen molar-refractivity contribution in [3.8, 4) is 0 Å². The number of nitrogens with zero attached hydrogens (tertiary/aromatic N) is 2. The third kappa shape index (κ3) is 2.18. The van der Waals surface area contributed by atoms with Gasteiger partial charge in [0.15, 0.2) is 5.78 Å². The van der Waals surface area contributed by atoms with Crippen LogP contribution in [0.3, 0.4) is 0 Å². The summed E-state index contributed by atoms with van der Waals surface area (Å²) in [5.74, 6) is 0.241. The maximum Gasteiger partial charge on any atom is 0.166 e. The SMILES string of the molecule is CN(C)/C=C1\NN(c2ccccc2)C2=C1C(=O)CCC2. The van der Waals surface area contributed by atoms with Gasteiger partial charge < -0.3 is 4.90 Å². The van der Waals surface area contributed by atoms with Gasteiger partial charge >= 0.3 is 0 Å². The average molecular weight is 269 g/mol. The van der Waals surface area contributed by atoms with Crippen LogP contribution in [0.25, 0.3) is 0 Å². The number of hydrogen-bond donors (Lipinski definition) is 1. The van der Waals surface area contributed by atoms with Crippen LogP contribution < -0.4 is 10.4 Å². The number of nitrogens with one attached hydrogen (secondary N) is 1. The number of Topliss-reactive ketones (excluding diaryl/α,β-unsaturated/α-hetero) is 1. The van der Waals surface area contributed by atoms with E-state index in [2.05, 4.69) is 17.6 Å². The molecule has 4 heteroatoms. The predicted molar refractivity (Wildman–Crippen MR) is 79.7 cm³/mol. The van der Waals surface area contributed by atoms with Gasteiger partial charge in [-0.3, -0.25) is 15.2 Å². The molecule has 0 saturated heterocycles. The number of para-hydroxylation sites is 1. The van der Waals surface area contributed by atoms with Crippen LogP contribution in [-0.4, -0.2) is 24.8 Å². The summed E-state index contributed by atoms with van der Waals surface area (Å²) in [6.07, 6.45) is 4.49. The third-order valence-electron chi connectivity index (χ3n) is 3.56. The van der Waals surface area contributed by atoms with Crippen molar-refractivity contribution in [2.45, 2.75) is 19.3 Å². The van der Waals surface area contributed by atoms with E-state index in [4.69, 9.17) is 0 Å². The molecule has 3 rings (SSSR count). The molecule has 0 amide bonds. The first-order valence-electron chi connectivity index (χ1n) is 6.93. The van der Waals surface area contributed by atoms with Gasteiger partial charge in [0.25, 0.3) is 0 Å². The lowest BCUT2D eigenvalue weighted by molar-refractivity contribution is -0.115. The molecule has 104 valence electrons. The standard InChI is InChI=1S/C16H19N3O/c1-18(2)11-13-16-14(9-6-10-15(16)20)19(17-13)12-7-4-3-5-8-12/h3-5,7-8,11,17H,6,9-10H2,1-2H3/b13-11-. The Kier molecular flexibility index (Phi) is 3.22. The van der Waals surface area contributed by atoms with Crippen LogP contribution in [0, 0.1) is 0 Å². The highest BCUT2D eigenvalue weighted by atomic mass is 16.1. The van der Waals surface area contributed by atoms with Crippen LogP contribution in [0.4, 0.5) is 5.69 Å². The molecule has 0 bridgehead atoms. The van der Waals surface area contributed by atoms with Crippen molar-refractivity contribution in [1.29, 1.82) is 0 Å². The first-order chi connectivity index (χ1) is 9.66. The number of carbonyl (C=O) groups is 1. The largest absolute Gasteiger partial charge is 0.382 e. The minimum absolute atomic E-state index is 0.241. The fraction of sp³-hybridized carbons (Fsp3) is 0.312. The van der Waals surface area contributed by atoms with E-state index in [0.29, 0.717) is 6.42 Å². The highest BCUT2D eigenvalue weighted by Crippen LogP contribution is 2.36. The number of anilines is 1. The molecule has 0 saturated carbocycles. The summed E-state index contributed by atoms with van der Waals surface area (Å²) < 4.78 is 0. The van der Waals surface area contributed by atoms with Crippen LogP contribution in [0.15, 0.2) is 53.5 Å². The number of hydrazine groups is 1. The lowest BCUT2D eigenvalue weighted by atomic mass is 9.94. The molecule has 1 heterocycles. The van der Waals surface area contributed by atoms with Gasteiger partial charge in [-0.25, -0.2) is 0 Å². The number of ketones is 1. The smallest absolute Gasteiger partial charge is 0.166 e. The van der Waals surface area contributed by atoms with Gasteiger partial charge in [-0.2, -0.15) is 0 Å². The van der Waals surface area contributed by atoms with E-state index in [1.165, 1.54) is 0 Å².